The number of alkyl halides is 3. The quantitative estimate of drug-likeness (QED) is 0.275. The van der Waals surface area contributed by atoms with Crippen LogP contribution in [0, 0.1) is 11.6 Å². The summed E-state index contributed by atoms with van der Waals surface area (Å²) in [6.07, 6.45) is -2.88. The number of benzene rings is 1. The van der Waals surface area contributed by atoms with Crippen LogP contribution < -0.4 is 10.9 Å². The summed E-state index contributed by atoms with van der Waals surface area (Å²) in [4.78, 5) is 41.3. The maximum absolute atomic E-state index is 15.1. The normalized spacial score (nSPS) is 17.8. The number of carbonyl (C=O) groups excluding carboxylic acids is 2. The minimum atomic E-state index is -5.21. The second kappa shape index (κ2) is 12.1. The first kappa shape index (κ1) is 23.9. The Labute approximate surface area is 279 Å². The highest BCUT2D eigenvalue weighted by atomic mass is 79.9. The molecular weight excluding hydrogens is 681 g/mol. The van der Waals surface area contributed by atoms with Gasteiger partial charge in [-0.25, -0.2) is 8.78 Å². The molecule has 16 heteroatoms. The highest BCUT2D eigenvalue weighted by Gasteiger charge is 2.39. The molecule has 1 N–H and O–H groups in total. The maximum Gasteiger partial charge on any atom is 0.435 e. The largest absolute Gasteiger partial charge is 0.435 e. The van der Waals surface area contributed by atoms with Crippen LogP contribution in [0.3, 0.4) is 0 Å². The molecule has 0 bridgehead atoms. The van der Waals surface area contributed by atoms with Gasteiger partial charge in [0.05, 0.1) is 32.2 Å². The summed E-state index contributed by atoms with van der Waals surface area (Å²) in [6, 6.07) is 1.54. The van der Waals surface area contributed by atoms with E-state index in [2.05, 4.69) is 31.4 Å². The fraction of sp³-hybridized carbons (Fsp3) is 0.367. The minimum absolute atomic E-state index is 0.0494. The van der Waals surface area contributed by atoms with Crippen molar-refractivity contribution < 1.29 is 42.5 Å². The standard InChI is InChI=1S/C30H29BrF5N7O3/c1-29(2,15-43-22(11-24(39-43)30(34,35)36)17-10-21(33)27(45)40(3)14-17)38-26(44)23(9-16-12-37-41(4)13-16)42-8-7-18-19(31)5-6-20(32)25(18)28(42)46/h5-6,10-14,23H,7-9,15H2,1-4H3,(H,38,44)/t23-/m1/s1/i3D3,4D3,15D2. The van der Waals surface area contributed by atoms with Crippen LogP contribution in [0.5, 0.6) is 0 Å². The molecule has 1 aliphatic rings. The number of halogens is 6. The van der Waals surface area contributed by atoms with Crippen LogP contribution in [0.15, 0.2) is 52.1 Å². The van der Waals surface area contributed by atoms with Crippen molar-refractivity contribution in [3.05, 3.63) is 91.7 Å². The average molecular weight is 719 g/mol. The zero-order valence-corrected chi connectivity index (χ0v) is 25.5. The third-order valence-corrected chi connectivity index (χ3v) is 7.86. The van der Waals surface area contributed by atoms with Gasteiger partial charge < -0.3 is 14.8 Å². The molecule has 4 heterocycles. The van der Waals surface area contributed by atoms with E-state index in [9.17, 15) is 31.9 Å². The Bertz CT molecular complexity index is 2200. The Morgan fingerprint density at radius 3 is 2.59 bits per heavy atom. The van der Waals surface area contributed by atoms with E-state index in [-0.39, 0.29) is 33.3 Å². The number of aromatic nitrogens is 5. The van der Waals surface area contributed by atoms with E-state index in [4.69, 9.17) is 11.0 Å². The first-order valence-corrected chi connectivity index (χ1v) is 14.2. The molecule has 0 fully saturated rings. The summed E-state index contributed by atoms with van der Waals surface area (Å²) in [5, 5.41) is 9.54. The van der Waals surface area contributed by atoms with Gasteiger partial charge in [0, 0.05) is 57.6 Å². The molecule has 1 aromatic carbocycles. The van der Waals surface area contributed by atoms with Gasteiger partial charge in [0.15, 0.2) is 11.5 Å². The molecule has 0 saturated heterocycles. The molecule has 0 radical (unpaired) electrons. The highest BCUT2D eigenvalue weighted by Crippen LogP contribution is 2.33. The van der Waals surface area contributed by atoms with Crippen LogP contribution in [0.25, 0.3) is 11.3 Å². The summed E-state index contributed by atoms with van der Waals surface area (Å²) < 4.78 is 136. The molecule has 0 aliphatic carbocycles. The molecule has 1 aliphatic heterocycles. The number of hydrogen-bond acceptors (Lipinski definition) is 5. The van der Waals surface area contributed by atoms with E-state index >= 15 is 4.39 Å². The van der Waals surface area contributed by atoms with Crippen molar-refractivity contribution in [3.63, 3.8) is 0 Å². The van der Waals surface area contributed by atoms with Crippen LogP contribution in [0.2, 0.25) is 0 Å². The van der Waals surface area contributed by atoms with Crippen LogP contribution in [-0.4, -0.2) is 59.0 Å². The summed E-state index contributed by atoms with van der Waals surface area (Å²) in [5.41, 5.74) is -7.04. The zero-order valence-electron chi connectivity index (χ0n) is 31.9. The van der Waals surface area contributed by atoms with Crippen molar-refractivity contribution in [2.24, 2.45) is 14.0 Å². The first-order chi connectivity index (χ1) is 24.6. The van der Waals surface area contributed by atoms with Gasteiger partial charge in [-0.15, -0.1) is 0 Å². The summed E-state index contributed by atoms with van der Waals surface area (Å²) >= 11 is 3.28. The van der Waals surface area contributed by atoms with Gasteiger partial charge in [-0.05, 0) is 55.7 Å². The molecule has 0 unspecified atom stereocenters. The molecule has 1 atom stereocenters. The minimum Gasteiger partial charge on any atom is -0.348 e. The van der Waals surface area contributed by atoms with Gasteiger partial charge in [0.25, 0.3) is 11.5 Å². The van der Waals surface area contributed by atoms with Crippen molar-refractivity contribution in [2.75, 3.05) is 6.54 Å². The van der Waals surface area contributed by atoms with Gasteiger partial charge in [0.2, 0.25) is 5.91 Å². The predicted molar refractivity (Wildman–Crippen MR) is 160 cm³/mol. The van der Waals surface area contributed by atoms with Crippen molar-refractivity contribution in [3.8, 4) is 11.3 Å². The Balaban J connectivity index is 1.59. The molecule has 2 amide bonds. The van der Waals surface area contributed by atoms with E-state index in [1.54, 1.807) is 0 Å². The number of rotatable bonds is 8. The van der Waals surface area contributed by atoms with Crippen molar-refractivity contribution in [2.45, 2.75) is 50.9 Å². The summed E-state index contributed by atoms with van der Waals surface area (Å²) in [7, 11) is 0. The molecule has 5 rings (SSSR count). The lowest BCUT2D eigenvalue weighted by Gasteiger charge is -2.37. The molecule has 0 spiro atoms. The monoisotopic (exact) mass is 717 g/mol. The topological polar surface area (TPSA) is 107 Å². The van der Waals surface area contributed by atoms with E-state index in [0.717, 1.165) is 37.2 Å². The number of pyridine rings is 1. The third kappa shape index (κ3) is 6.62. The fourth-order valence-electron chi connectivity index (χ4n) is 5.06. The Morgan fingerprint density at radius 1 is 1.15 bits per heavy atom. The summed E-state index contributed by atoms with van der Waals surface area (Å²) in [5.74, 6) is -4.62. The van der Waals surface area contributed by atoms with Gasteiger partial charge in [-0.3, -0.25) is 23.7 Å². The van der Waals surface area contributed by atoms with E-state index < -0.39 is 90.6 Å². The third-order valence-electron chi connectivity index (χ3n) is 7.12. The van der Waals surface area contributed by atoms with E-state index in [1.807, 2.05) is 0 Å². The van der Waals surface area contributed by atoms with E-state index in [0.29, 0.717) is 33.0 Å². The Kier molecular flexibility index (Phi) is 6.30. The Morgan fingerprint density at radius 2 is 1.91 bits per heavy atom. The molecule has 10 nitrogen and oxygen atoms in total. The van der Waals surface area contributed by atoms with Gasteiger partial charge >= 0.3 is 6.18 Å². The smallest absolute Gasteiger partial charge is 0.348 e. The maximum atomic E-state index is 15.1. The molecule has 244 valence electrons. The van der Waals surface area contributed by atoms with Crippen molar-refractivity contribution in [1.29, 1.82) is 0 Å². The lowest BCUT2D eigenvalue weighted by molar-refractivity contribution is -0.141. The zero-order chi connectivity index (χ0) is 40.5. The number of carbonyl (C=O) groups is 2. The van der Waals surface area contributed by atoms with Crippen LogP contribution in [0.1, 0.15) is 52.0 Å². The highest BCUT2D eigenvalue weighted by molar-refractivity contribution is 9.10. The number of nitrogens with zero attached hydrogens (tertiary/aromatic N) is 6. The van der Waals surface area contributed by atoms with Crippen molar-refractivity contribution in [1.82, 2.24) is 34.3 Å². The van der Waals surface area contributed by atoms with Gasteiger partial charge in [-0.1, -0.05) is 15.9 Å². The molecule has 0 saturated carbocycles. The van der Waals surface area contributed by atoms with E-state index in [1.165, 1.54) is 6.07 Å². The molecular formula is C30H29BrF5N7O3. The SMILES string of the molecule is [2H]C([2H])([2H])n1cc(C[C@H](C(=O)NC(C)(C)C([2H])([2H])n2nc(C(F)(F)F)cc2-c2cc(F)c(=O)n(C([2H])([2H])[2H])c2)N2CCc3c(Br)ccc(F)c3C2=O)cn1. The molecule has 46 heavy (non-hydrogen) atoms. The Hall–Kier alpha value is -4.34. The second-order valence-corrected chi connectivity index (χ2v) is 11.8. The van der Waals surface area contributed by atoms with Crippen LogP contribution in [-0.2, 0) is 44.3 Å². The first-order valence-electron chi connectivity index (χ1n) is 17.4. The van der Waals surface area contributed by atoms with Gasteiger partial charge in [0.1, 0.15) is 11.9 Å². The molecule has 3 aromatic heterocycles. The van der Waals surface area contributed by atoms with Crippen LogP contribution in [0.4, 0.5) is 22.0 Å². The lowest BCUT2D eigenvalue weighted by Crippen LogP contribution is -2.58. The number of amides is 2. The average Bonchev–Trinajstić information content (AvgIpc) is 3.71. The van der Waals surface area contributed by atoms with Crippen LogP contribution >= 0.6 is 15.9 Å². The van der Waals surface area contributed by atoms with Crippen molar-refractivity contribution >= 4 is 27.7 Å². The van der Waals surface area contributed by atoms with Gasteiger partial charge in [-0.2, -0.15) is 23.4 Å². The number of nitrogens with one attached hydrogen (secondary N) is 1. The summed E-state index contributed by atoms with van der Waals surface area (Å²) in [6.45, 7) is -7.26. The number of aryl methyl sites for hydroxylation is 2. The number of fused-ring (bicyclic) bond motifs is 1. The fourth-order valence-corrected chi connectivity index (χ4v) is 5.59. The lowest BCUT2D eigenvalue weighted by atomic mass is 9.95. The second-order valence-electron chi connectivity index (χ2n) is 10.9. The number of hydrogen-bond donors (Lipinski definition) is 1. The molecule has 4 aromatic rings. The predicted octanol–water partition coefficient (Wildman–Crippen LogP) is 4.25.